The number of nitrogens with one attached hydrogen (secondary N) is 1. The van der Waals surface area contributed by atoms with Gasteiger partial charge >= 0.3 is 6.18 Å². The molecule has 0 saturated heterocycles. The molecule has 3 aromatic rings. The van der Waals surface area contributed by atoms with Gasteiger partial charge in [-0.15, -0.1) is 11.3 Å². The molecular formula is C13H8F3N3OS2. The summed E-state index contributed by atoms with van der Waals surface area (Å²) >= 11 is 2.37. The third-order valence-corrected chi connectivity index (χ3v) is 4.71. The molecule has 0 aliphatic heterocycles. The highest BCUT2D eigenvalue weighted by Gasteiger charge is 2.32. The molecule has 0 atom stereocenters. The molecule has 22 heavy (non-hydrogen) atoms. The number of nitrogens with two attached hydrogens (primary N) is 1. The first-order chi connectivity index (χ1) is 10.4. The minimum absolute atomic E-state index is 0.00586. The number of rotatable bonds is 2. The van der Waals surface area contributed by atoms with Gasteiger partial charge in [-0.3, -0.25) is 4.79 Å². The molecule has 0 radical (unpaired) electrons. The van der Waals surface area contributed by atoms with E-state index in [4.69, 9.17) is 5.73 Å². The van der Waals surface area contributed by atoms with E-state index in [1.165, 1.54) is 11.3 Å². The fourth-order valence-electron chi connectivity index (χ4n) is 1.85. The quantitative estimate of drug-likeness (QED) is 0.732. The molecule has 0 bridgehead atoms. The summed E-state index contributed by atoms with van der Waals surface area (Å²) in [5, 5.41) is 6.30. The number of thiophene rings is 2. The Bertz CT molecular complexity index is 840. The van der Waals surface area contributed by atoms with E-state index in [0.29, 0.717) is 10.5 Å². The summed E-state index contributed by atoms with van der Waals surface area (Å²) in [5.74, 6) is -0.465. The van der Waals surface area contributed by atoms with Gasteiger partial charge in [0.2, 0.25) is 0 Å². The Morgan fingerprint density at radius 3 is 2.77 bits per heavy atom. The highest BCUT2D eigenvalue weighted by molar-refractivity contribution is 7.21. The van der Waals surface area contributed by atoms with Crippen LogP contribution in [0.25, 0.3) is 10.2 Å². The van der Waals surface area contributed by atoms with Crippen molar-refractivity contribution in [1.82, 2.24) is 4.98 Å². The van der Waals surface area contributed by atoms with Crippen LogP contribution >= 0.6 is 22.7 Å². The number of hydrogen-bond acceptors (Lipinski definition) is 5. The van der Waals surface area contributed by atoms with Crippen LogP contribution in [-0.4, -0.2) is 10.9 Å². The van der Waals surface area contributed by atoms with Crippen LogP contribution in [0.15, 0.2) is 29.1 Å². The Kier molecular flexibility index (Phi) is 3.53. The minimum Gasteiger partial charge on any atom is -0.397 e. The van der Waals surface area contributed by atoms with E-state index >= 15 is 0 Å². The van der Waals surface area contributed by atoms with E-state index in [1.54, 1.807) is 16.8 Å². The summed E-state index contributed by atoms with van der Waals surface area (Å²) in [5.41, 5.74) is 5.54. The van der Waals surface area contributed by atoms with Gasteiger partial charge in [0, 0.05) is 17.0 Å². The second kappa shape index (κ2) is 5.25. The smallest absolute Gasteiger partial charge is 0.397 e. The SMILES string of the molecule is Nc1c(C(=O)Nc2ccsc2)sc2ncc(C(F)(F)F)cc12. The molecule has 114 valence electrons. The number of aromatic nitrogens is 1. The van der Waals surface area contributed by atoms with Crippen molar-refractivity contribution in [3.8, 4) is 0 Å². The Balaban J connectivity index is 2.01. The number of nitrogen functional groups attached to an aromatic ring is 1. The molecule has 4 nitrogen and oxygen atoms in total. The number of fused-ring (bicyclic) bond motifs is 1. The van der Waals surface area contributed by atoms with Gasteiger partial charge in [-0.05, 0) is 17.5 Å². The average molecular weight is 343 g/mol. The molecule has 3 heterocycles. The van der Waals surface area contributed by atoms with E-state index in [-0.39, 0.29) is 16.0 Å². The van der Waals surface area contributed by atoms with Crippen LogP contribution in [0.4, 0.5) is 24.5 Å². The maximum Gasteiger partial charge on any atom is 0.417 e. The number of alkyl halides is 3. The lowest BCUT2D eigenvalue weighted by atomic mass is 10.2. The zero-order valence-electron chi connectivity index (χ0n) is 10.8. The highest BCUT2D eigenvalue weighted by atomic mass is 32.1. The first-order valence-electron chi connectivity index (χ1n) is 5.95. The summed E-state index contributed by atoms with van der Waals surface area (Å²) in [7, 11) is 0. The topological polar surface area (TPSA) is 68.0 Å². The number of amides is 1. The summed E-state index contributed by atoms with van der Waals surface area (Å²) in [4.78, 5) is 16.3. The van der Waals surface area contributed by atoms with Crippen LogP contribution in [0, 0.1) is 0 Å². The number of pyridine rings is 1. The van der Waals surface area contributed by atoms with Gasteiger partial charge in [0.25, 0.3) is 5.91 Å². The van der Waals surface area contributed by atoms with Crippen molar-refractivity contribution in [3.05, 3.63) is 39.5 Å². The molecule has 0 aromatic carbocycles. The summed E-state index contributed by atoms with van der Waals surface area (Å²) in [6.07, 6.45) is -3.77. The summed E-state index contributed by atoms with van der Waals surface area (Å²) in [6, 6.07) is 2.63. The molecule has 0 saturated carbocycles. The molecule has 0 spiro atoms. The molecule has 3 N–H and O–H groups in total. The fraction of sp³-hybridized carbons (Fsp3) is 0.0769. The van der Waals surface area contributed by atoms with Gasteiger partial charge < -0.3 is 11.1 Å². The predicted molar refractivity (Wildman–Crippen MR) is 81.3 cm³/mol. The van der Waals surface area contributed by atoms with Crippen molar-refractivity contribution in [2.45, 2.75) is 6.18 Å². The fourth-order valence-corrected chi connectivity index (χ4v) is 3.38. The monoisotopic (exact) mass is 343 g/mol. The van der Waals surface area contributed by atoms with Gasteiger partial charge in [0.05, 0.1) is 16.9 Å². The van der Waals surface area contributed by atoms with Crippen molar-refractivity contribution in [3.63, 3.8) is 0 Å². The maximum absolute atomic E-state index is 12.7. The van der Waals surface area contributed by atoms with Crippen LogP contribution in [0.1, 0.15) is 15.2 Å². The third-order valence-electron chi connectivity index (χ3n) is 2.90. The van der Waals surface area contributed by atoms with E-state index in [0.717, 1.165) is 23.6 Å². The Labute approximate surface area is 130 Å². The van der Waals surface area contributed by atoms with Gasteiger partial charge in [-0.25, -0.2) is 4.98 Å². The maximum atomic E-state index is 12.7. The lowest BCUT2D eigenvalue weighted by molar-refractivity contribution is -0.137. The molecule has 3 aromatic heterocycles. The molecule has 0 fully saturated rings. The van der Waals surface area contributed by atoms with Crippen molar-refractivity contribution in [2.24, 2.45) is 0 Å². The van der Waals surface area contributed by atoms with Crippen molar-refractivity contribution in [2.75, 3.05) is 11.1 Å². The zero-order chi connectivity index (χ0) is 15.9. The number of nitrogens with zero attached hydrogens (tertiary/aromatic N) is 1. The first kappa shape index (κ1) is 14.8. The van der Waals surface area contributed by atoms with Gasteiger partial charge in [0.1, 0.15) is 9.71 Å². The van der Waals surface area contributed by atoms with Crippen LogP contribution in [0.5, 0.6) is 0 Å². The van der Waals surface area contributed by atoms with E-state index in [9.17, 15) is 18.0 Å². The summed E-state index contributed by atoms with van der Waals surface area (Å²) < 4.78 is 38.1. The normalized spacial score (nSPS) is 11.8. The number of hydrogen-bond donors (Lipinski definition) is 2. The lowest BCUT2D eigenvalue weighted by Crippen LogP contribution is -2.11. The molecule has 0 unspecified atom stereocenters. The standard InChI is InChI=1S/C13H8F3N3OS2/c14-13(15,16)6-3-8-9(17)10(22-12(8)18-4-6)11(20)19-7-1-2-21-5-7/h1-5H,17H2,(H,19,20). The third kappa shape index (κ3) is 2.64. The van der Waals surface area contributed by atoms with Gasteiger partial charge in [-0.2, -0.15) is 24.5 Å². The molecule has 9 heteroatoms. The molecule has 0 aliphatic carbocycles. The van der Waals surface area contributed by atoms with Crippen LogP contribution in [0.2, 0.25) is 0 Å². The number of halogens is 3. The lowest BCUT2D eigenvalue weighted by Gasteiger charge is -2.05. The Hall–Kier alpha value is -2.13. The number of carbonyl (C=O) groups is 1. The van der Waals surface area contributed by atoms with Crippen LogP contribution < -0.4 is 11.1 Å². The predicted octanol–water partition coefficient (Wildman–Crippen LogP) is 4.21. The molecule has 0 aliphatic rings. The Morgan fingerprint density at radius 1 is 1.36 bits per heavy atom. The summed E-state index contributed by atoms with van der Waals surface area (Å²) in [6.45, 7) is 0. The van der Waals surface area contributed by atoms with Crippen molar-refractivity contribution >= 4 is 50.2 Å². The van der Waals surface area contributed by atoms with Gasteiger partial charge in [0.15, 0.2) is 0 Å². The molecular weight excluding hydrogens is 335 g/mol. The second-order valence-electron chi connectivity index (χ2n) is 4.39. The van der Waals surface area contributed by atoms with E-state index in [1.807, 2.05) is 0 Å². The minimum atomic E-state index is -4.51. The first-order valence-corrected chi connectivity index (χ1v) is 7.71. The van der Waals surface area contributed by atoms with Crippen molar-refractivity contribution < 1.29 is 18.0 Å². The Morgan fingerprint density at radius 2 is 2.14 bits per heavy atom. The molecule has 3 rings (SSSR count). The van der Waals surface area contributed by atoms with Gasteiger partial charge in [-0.1, -0.05) is 0 Å². The second-order valence-corrected chi connectivity index (χ2v) is 6.16. The average Bonchev–Trinajstić information content (AvgIpc) is 3.06. The van der Waals surface area contributed by atoms with Crippen molar-refractivity contribution in [1.29, 1.82) is 0 Å². The largest absolute Gasteiger partial charge is 0.417 e. The van der Waals surface area contributed by atoms with Crippen LogP contribution in [0.3, 0.4) is 0 Å². The highest BCUT2D eigenvalue weighted by Crippen LogP contribution is 2.37. The van der Waals surface area contributed by atoms with E-state index in [2.05, 4.69) is 10.3 Å². The number of carbonyl (C=O) groups excluding carboxylic acids is 1. The molecule has 1 amide bonds. The number of anilines is 2. The van der Waals surface area contributed by atoms with E-state index < -0.39 is 17.6 Å². The zero-order valence-corrected chi connectivity index (χ0v) is 12.4. The van der Waals surface area contributed by atoms with Crippen LogP contribution in [-0.2, 0) is 6.18 Å².